The maximum Gasteiger partial charge on any atom is 0.322 e. The number of nitrogens with zero attached hydrogens (tertiary/aromatic N) is 2. The molecule has 28 heavy (non-hydrogen) atoms. The van der Waals surface area contributed by atoms with Crippen molar-refractivity contribution in [3.63, 3.8) is 0 Å². The van der Waals surface area contributed by atoms with Gasteiger partial charge >= 0.3 is 6.03 Å². The fraction of sp³-hybridized carbons (Fsp3) is 0.182. The molecule has 2 heterocycles. The highest BCUT2D eigenvalue weighted by Crippen LogP contribution is 2.36. The molecule has 0 aromatic heterocycles. The second kappa shape index (κ2) is 7.31. The van der Waals surface area contributed by atoms with E-state index in [1.54, 1.807) is 28.0 Å². The molecule has 2 aliphatic rings. The largest absolute Gasteiger partial charge is 0.329 e. The molecule has 0 unspecified atom stereocenters. The van der Waals surface area contributed by atoms with E-state index in [0.717, 1.165) is 5.56 Å². The Bertz CT molecular complexity index is 954. The van der Waals surface area contributed by atoms with Crippen LogP contribution in [0.4, 0.5) is 9.18 Å². The van der Waals surface area contributed by atoms with Crippen molar-refractivity contribution in [3.8, 4) is 0 Å². The maximum absolute atomic E-state index is 13.3. The highest BCUT2D eigenvalue weighted by Gasteiger charge is 2.43. The van der Waals surface area contributed by atoms with Gasteiger partial charge in [0.1, 0.15) is 5.82 Å². The van der Waals surface area contributed by atoms with E-state index in [-0.39, 0.29) is 17.8 Å². The first kappa shape index (κ1) is 18.0. The molecule has 3 amide bonds. The molecule has 0 saturated heterocycles. The number of halogens is 1. The van der Waals surface area contributed by atoms with Gasteiger partial charge in [-0.05, 0) is 23.3 Å². The number of benzene rings is 2. The summed E-state index contributed by atoms with van der Waals surface area (Å²) in [6, 6.07) is 14.7. The average Bonchev–Trinajstić information content (AvgIpc) is 3.02. The van der Waals surface area contributed by atoms with Crippen LogP contribution in [0.2, 0.25) is 0 Å². The predicted octanol–water partition coefficient (Wildman–Crippen LogP) is 3.37. The van der Waals surface area contributed by atoms with Gasteiger partial charge in [-0.25, -0.2) is 9.18 Å². The molecule has 1 N–H and O–H groups in total. The second-order valence-electron chi connectivity index (χ2n) is 6.84. The minimum Gasteiger partial charge on any atom is -0.329 e. The fourth-order valence-corrected chi connectivity index (χ4v) is 3.71. The van der Waals surface area contributed by atoms with E-state index in [4.69, 9.17) is 0 Å². The van der Waals surface area contributed by atoms with Crippen molar-refractivity contribution in [2.45, 2.75) is 12.6 Å². The maximum atomic E-state index is 13.3. The van der Waals surface area contributed by atoms with E-state index < -0.39 is 6.04 Å². The van der Waals surface area contributed by atoms with Crippen LogP contribution < -0.4 is 5.32 Å². The van der Waals surface area contributed by atoms with Crippen LogP contribution in [-0.2, 0) is 11.3 Å². The lowest BCUT2D eigenvalue weighted by Gasteiger charge is -2.33. The molecule has 1 atom stereocenters. The van der Waals surface area contributed by atoms with Gasteiger partial charge in [-0.15, -0.1) is 6.58 Å². The highest BCUT2D eigenvalue weighted by molar-refractivity contribution is 6.01. The van der Waals surface area contributed by atoms with Gasteiger partial charge in [-0.2, -0.15) is 0 Å². The van der Waals surface area contributed by atoms with E-state index in [9.17, 15) is 14.0 Å². The standard InChI is InChI=1S/C22H20FN3O2/c1-2-12-26-18-14-25(13-15-6-4-3-5-7-15)21(27)19(18)20(24-22(26)28)16-8-10-17(23)11-9-16/h2-11,20H,1,12-14H2,(H,24,28)/t20-/m1/s1. The van der Waals surface area contributed by atoms with Crippen molar-refractivity contribution < 1.29 is 14.0 Å². The van der Waals surface area contributed by atoms with Crippen LogP contribution in [0.25, 0.3) is 0 Å². The van der Waals surface area contributed by atoms with Crippen molar-refractivity contribution in [3.05, 3.63) is 95.5 Å². The minimum atomic E-state index is -0.600. The number of amides is 3. The lowest BCUT2D eigenvalue weighted by molar-refractivity contribution is -0.126. The summed E-state index contributed by atoms with van der Waals surface area (Å²) in [6.45, 7) is 4.83. The normalized spacial score (nSPS) is 19.0. The average molecular weight is 377 g/mol. The molecule has 0 radical (unpaired) electrons. The molecule has 0 aliphatic carbocycles. The number of nitrogens with one attached hydrogen (secondary N) is 1. The Labute approximate surface area is 162 Å². The van der Waals surface area contributed by atoms with E-state index in [1.807, 2.05) is 30.3 Å². The summed E-state index contributed by atoms with van der Waals surface area (Å²) >= 11 is 0. The number of hydrogen-bond acceptors (Lipinski definition) is 2. The predicted molar refractivity (Wildman–Crippen MR) is 103 cm³/mol. The van der Waals surface area contributed by atoms with Crippen molar-refractivity contribution in [2.75, 3.05) is 13.1 Å². The zero-order valence-corrected chi connectivity index (χ0v) is 15.3. The monoisotopic (exact) mass is 377 g/mol. The van der Waals surface area contributed by atoms with Crippen LogP contribution in [0.1, 0.15) is 17.2 Å². The lowest BCUT2D eigenvalue weighted by atomic mass is 9.95. The summed E-state index contributed by atoms with van der Waals surface area (Å²) in [6.07, 6.45) is 1.63. The first-order valence-corrected chi connectivity index (χ1v) is 9.09. The SMILES string of the molecule is C=CCN1C(=O)N[C@H](c2ccc(F)cc2)C2=C1CN(Cc1ccccc1)C2=O. The summed E-state index contributed by atoms with van der Waals surface area (Å²) in [5.74, 6) is -0.487. The van der Waals surface area contributed by atoms with Crippen molar-refractivity contribution in [1.29, 1.82) is 0 Å². The summed E-state index contributed by atoms with van der Waals surface area (Å²) in [4.78, 5) is 29.2. The van der Waals surface area contributed by atoms with Gasteiger partial charge in [0, 0.05) is 13.1 Å². The van der Waals surface area contributed by atoms with Gasteiger partial charge in [-0.3, -0.25) is 9.69 Å². The second-order valence-corrected chi connectivity index (χ2v) is 6.84. The molecule has 0 bridgehead atoms. The zero-order valence-electron chi connectivity index (χ0n) is 15.3. The quantitative estimate of drug-likeness (QED) is 0.813. The smallest absolute Gasteiger partial charge is 0.322 e. The molecule has 4 rings (SSSR count). The van der Waals surface area contributed by atoms with Crippen LogP contribution in [-0.4, -0.2) is 34.8 Å². The number of carbonyl (C=O) groups excluding carboxylic acids is 2. The number of carbonyl (C=O) groups is 2. The van der Waals surface area contributed by atoms with E-state index in [0.29, 0.717) is 36.5 Å². The van der Waals surface area contributed by atoms with E-state index in [2.05, 4.69) is 11.9 Å². The molecule has 2 aromatic carbocycles. The van der Waals surface area contributed by atoms with Crippen molar-refractivity contribution in [1.82, 2.24) is 15.1 Å². The van der Waals surface area contributed by atoms with Gasteiger partial charge in [0.2, 0.25) is 0 Å². The van der Waals surface area contributed by atoms with Crippen LogP contribution >= 0.6 is 0 Å². The molecule has 0 fully saturated rings. The third-order valence-corrected chi connectivity index (χ3v) is 5.03. The molecule has 6 heteroatoms. The number of rotatable bonds is 5. The Morgan fingerprint density at radius 3 is 2.50 bits per heavy atom. The Hall–Kier alpha value is -3.41. The summed E-state index contributed by atoms with van der Waals surface area (Å²) in [7, 11) is 0. The van der Waals surface area contributed by atoms with Crippen LogP contribution in [0.15, 0.2) is 78.5 Å². The first-order chi connectivity index (χ1) is 13.6. The van der Waals surface area contributed by atoms with Crippen LogP contribution in [0, 0.1) is 5.82 Å². The molecule has 142 valence electrons. The zero-order chi connectivity index (χ0) is 19.7. The Morgan fingerprint density at radius 2 is 1.82 bits per heavy atom. The van der Waals surface area contributed by atoms with E-state index in [1.165, 1.54) is 12.1 Å². The minimum absolute atomic E-state index is 0.123. The fourth-order valence-electron chi connectivity index (χ4n) is 3.71. The topological polar surface area (TPSA) is 52.7 Å². The summed E-state index contributed by atoms with van der Waals surface area (Å²) in [5.41, 5.74) is 2.90. The summed E-state index contributed by atoms with van der Waals surface area (Å²) in [5, 5.41) is 2.88. The Kier molecular flexibility index (Phi) is 4.69. The van der Waals surface area contributed by atoms with Gasteiger partial charge in [0.05, 0.1) is 23.9 Å². The van der Waals surface area contributed by atoms with Gasteiger partial charge in [-0.1, -0.05) is 48.5 Å². The Morgan fingerprint density at radius 1 is 1.11 bits per heavy atom. The lowest BCUT2D eigenvalue weighted by Crippen LogP contribution is -2.47. The Balaban J connectivity index is 1.70. The third kappa shape index (κ3) is 3.17. The van der Waals surface area contributed by atoms with Crippen LogP contribution in [0.5, 0.6) is 0 Å². The molecule has 0 saturated carbocycles. The molecule has 2 aromatic rings. The number of urea groups is 1. The highest BCUT2D eigenvalue weighted by atomic mass is 19.1. The van der Waals surface area contributed by atoms with Gasteiger partial charge in [0.25, 0.3) is 5.91 Å². The van der Waals surface area contributed by atoms with E-state index >= 15 is 0 Å². The summed E-state index contributed by atoms with van der Waals surface area (Å²) < 4.78 is 13.3. The molecule has 0 spiro atoms. The van der Waals surface area contributed by atoms with Gasteiger partial charge in [0.15, 0.2) is 0 Å². The molecular weight excluding hydrogens is 357 g/mol. The molecule has 5 nitrogen and oxygen atoms in total. The van der Waals surface area contributed by atoms with Crippen LogP contribution in [0.3, 0.4) is 0 Å². The number of hydrogen-bond donors (Lipinski definition) is 1. The van der Waals surface area contributed by atoms with Gasteiger partial charge < -0.3 is 10.2 Å². The molecular formula is C22H20FN3O2. The van der Waals surface area contributed by atoms with Crippen molar-refractivity contribution in [2.24, 2.45) is 0 Å². The molecule has 2 aliphatic heterocycles. The first-order valence-electron chi connectivity index (χ1n) is 9.09. The third-order valence-electron chi connectivity index (χ3n) is 5.03. The van der Waals surface area contributed by atoms with Crippen molar-refractivity contribution >= 4 is 11.9 Å².